The molecule has 0 saturated carbocycles. The molecule has 23 heavy (non-hydrogen) atoms. The molecule has 0 radical (unpaired) electrons. The highest BCUT2D eigenvalue weighted by molar-refractivity contribution is 6.36. The zero-order valence-corrected chi connectivity index (χ0v) is 15.5. The van der Waals surface area contributed by atoms with Crippen molar-refractivity contribution in [2.75, 3.05) is 6.54 Å². The van der Waals surface area contributed by atoms with Crippen LogP contribution in [-0.2, 0) is 0 Å². The van der Waals surface area contributed by atoms with Gasteiger partial charge in [0.05, 0.1) is 16.1 Å². The Morgan fingerprint density at radius 1 is 1.26 bits per heavy atom. The molecule has 0 atom stereocenters. The zero-order chi connectivity index (χ0) is 15.5. The number of amides is 1. The summed E-state index contributed by atoms with van der Waals surface area (Å²) in [6.45, 7) is 4.49. The summed E-state index contributed by atoms with van der Waals surface area (Å²) in [6.07, 6.45) is 3.27. The molecule has 2 rings (SSSR count). The van der Waals surface area contributed by atoms with Gasteiger partial charge in [0.15, 0.2) is 0 Å². The van der Waals surface area contributed by atoms with Gasteiger partial charge in [-0.15, -0.1) is 24.8 Å². The monoisotopic (exact) mass is 377 g/mol. The van der Waals surface area contributed by atoms with Crippen molar-refractivity contribution in [3.05, 3.63) is 41.0 Å². The maximum Gasteiger partial charge on any atom is 0.253 e. The first-order chi connectivity index (χ1) is 10.0. The van der Waals surface area contributed by atoms with Crippen LogP contribution >= 0.6 is 36.4 Å². The summed E-state index contributed by atoms with van der Waals surface area (Å²) in [7, 11) is 0. The largest absolute Gasteiger partial charge is 0.350 e. The van der Waals surface area contributed by atoms with Crippen LogP contribution < -0.4 is 11.1 Å². The lowest BCUT2D eigenvalue weighted by Crippen LogP contribution is -2.49. The maximum atomic E-state index is 12.4. The lowest BCUT2D eigenvalue weighted by molar-refractivity contribution is 0.0943. The van der Waals surface area contributed by atoms with E-state index in [0.717, 1.165) is 18.2 Å². The van der Waals surface area contributed by atoms with Crippen LogP contribution in [-0.4, -0.2) is 23.0 Å². The number of carbonyl (C=O) groups excluding carboxylic acids is 1. The average molecular weight is 379 g/mol. The van der Waals surface area contributed by atoms with Crippen molar-refractivity contribution < 1.29 is 4.79 Å². The fourth-order valence-electron chi connectivity index (χ4n) is 2.17. The van der Waals surface area contributed by atoms with Gasteiger partial charge in [-0.2, -0.15) is 0 Å². The highest BCUT2D eigenvalue weighted by Crippen LogP contribution is 2.24. The van der Waals surface area contributed by atoms with E-state index in [2.05, 4.69) is 10.3 Å². The fraction of sp³-hybridized carbons (Fsp3) is 0.375. The van der Waals surface area contributed by atoms with Crippen LogP contribution in [0, 0.1) is 0 Å². The third-order valence-electron chi connectivity index (χ3n) is 3.97. The first kappa shape index (κ1) is 21.9. The number of fused-ring (bicyclic) bond motifs is 1. The van der Waals surface area contributed by atoms with Crippen molar-refractivity contribution in [1.82, 2.24) is 10.3 Å². The quantitative estimate of drug-likeness (QED) is 0.827. The molecule has 3 N–H and O–H groups in total. The molecular formula is C16H22Cl3N3O. The van der Waals surface area contributed by atoms with Gasteiger partial charge in [0.1, 0.15) is 0 Å². The summed E-state index contributed by atoms with van der Waals surface area (Å²) in [6, 6.07) is 7.07. The number of carbonyl (C=O) groups is 1. The molecular weight excluding hydrogens is 357 g/mol. The van der Waals surface area contributed by atoms with Gasteiger partial charge in [-0.05, 0) is 37.1 Å². The van der Waals surface area contributed by atoms with Crippen LogP contribution in [0.15, 0.2) is 30.5 Å². The molecule has 0 unspecified atom stereocenters. The fourth-order valence-corrected chi connectivity index (χ4v) is 2.39. The minimum atomic E-state index is -0.370. The molecule has 0 bridgehead atoms. The number of hydrogen-bond donors (Lipinski definition) is 2. The Hall–Kier alpha value is -1.07. The molecule has 1 heterocycles. The summed E-state index contributed by atoms with van der Waals surface area (Å²) in [4.78, 5) is 16.7. The molecule has 0 aliphatic heterocycles. The Labute approximate surface area is 154 Å². The molecule has 2 aromatic rings. The molecule has 7 heteroatoms. The number of benzene rings is 1. The Kier molecular flexibility index (Phi) is 8.85. The first-order valence-corrected chi connectivity index (χ1v) is 7.49. The minimum absolute atomic E-state index is 0. The van der Waals surface area contributed by atoms with Crippen molar-refractivity contribution in [3.63, 3.8) is 0 Å². The normalized spacial score (nSPS) is 10.6. The molecule has 4 nitrogen and oxygen atoms in total. The molecule has 0 fully saturated rings. The number of hydrogen-bond acceptors (Lipinski definition) is 3. The lowest BCUT2D eigenvalue weighted by atomic mass is 9.94. The van der Waals surface area contributed by atoms with Gasteiger partial charge in [-0.1, -0.05) is 25.4 Å². The highest BCUT2D eigenvalue weighted by Gasteiger charge is 2.22. The van der Waals surface area contributed by atoms with Crippen molar-refractivity contribution in [2.45, 2.75) is 32.2 Å². The smallest absolute Gasteiger partial charge is 0.253 e. The molecule has 0 saturated heterocycles. The van der Waals surface area contributed by atoms with Crippen molar-refractivity contribution in [2.24, 2.45) is 5.73 Å². The number of nitrogens with one attached hydrogen (secondary N) is 1. The van der Waals surface area contributed by atoms with Crippen LogP contribution in [0.3, 0.4) is 0 Å². The van der Waals surface area contributed by atoms with Crippen molar-refractivity contribution in [1.29, 1.82) is 0 Å². The predicted molar refractivity (Wildman–Crippen MR) is 101 cm³/mol. The van der Waals surface area contributed by atoms with Crippen LogP contribution in [0.4, 0.5) is 0 Å². The van der Waals surface area contributed by atoms with E-state index in [1.807, 2.05) is 19.9 Å². The second kappa shape index (κ2) is 9.28. The second-order valence-corrected chi connectivity index (χ2v) is 5.65. The molecule has 1 aromatic heterocycles. The Morgan fingerprint density at radius 2 is 1.91 bits per heavy atom. The second-order valence-electron chi connectivity index (χ2n) is 5.25. The highest BCUT2D eigenvalue weighted by atomic mass is 35.5. The van der Waals surface area contributed by atoms with Gasteiger partial charge < -0.3 is 11.1 Å². The molecule has 128 valence electrons. The zero-order valence-electron chi connectivity index (χ0n) is 13.1. The Morgan fingerprint density at radius 3 is 2.52 bits per heavy atom. The third-order valence-corrected chi connectivity index (χ3v) is 4.30. The predicted octanol–water partition coefficient (Wildman–Crippen LogP) is 3.98. The molecule has 1 amide bonds. The van der Waals surface area contributed by atoms with Gasteiger partial charge in [0, 0.05) is 23.7 Å². The third kappa shape index (κ3) is 4.95. The van der Waals surface area contributed by atoms with E-state index in [0.29, 0.717) is 22.6 Å². The summed E-state index contributed by atoms with van der Waals surface area (Å²) >= 11 is 6.14. The van der Waals surface area contributed by atoms with Gasteiger partial charge in [-0.3, -0.25) is 9.78 Å². The number of nitrogens with zero attached hydrogens (tertiary/aromatic N) is 1. The SMILES string of the molecule is CCC(N)(CC)CNC(=O)c1ccc(Cl)c2cccnc12.Cl.Cl. The van der Waals surface area contributed by atoms with Crippen LogP contribution in [0.25, 0.3) is 10.9 Å². The number of aromatic nitrogens is 1. The summed E-state index contributed by atoms with van der Waals surface area (Å²) in [5.74, 6) is -0.174. The maximum absolute atomic E-state index is 12.4. The van der Waals surface area contributed by atoms with E-state index >= 15 is 0 Å². The van der Waals surface area contributed by atoms with Crippen LogP contribution in [0.1, 0.15) is 37.0 Å². The number of rotatable bonds is 5. The van der Waals surface area contributed by atoms with Crippen molar-refractivity contribution in [3.8, 4) is 0 Å². The lowest BCUT2D eigenvalue weighted by Gasteiger charge is -2.26. The van der Waals surface area contributed by atoms with Crippen LogP contribution in [0.5, 0.6) is 0 Å². The van der Waals surface area contributed by atoms with E-state index in [9.17, 15) is 4.79 Å². The molecule has 0 spiro atoms. The van der Waals surface area contributed by atoms with E-state index in [1.54, 1.807) is 24.4 Å². The average Bonchev–Trinajstić information content (AvgIpc) is 2.53. The van der Waals surface area contributed by atoms with Gasteiger partial charge >= 0.3 is 0 Å². The summed E-state index contributed by atoms with van der Waals surface area (Å²) in [5.41, 5.74) is 6.97. The van der Waals surface area contributed by atoms with Gasteiger partial charge in [0.2, 0.25) is 0 Å². The standard InChI is InChI=1S/C16H20ClN3O.2ClH/c1-3-16(18,4-2)10-20-15(21)12-7-8-13(17)11-6-5-9-19-14(11)12;;/h5-9H,3-4,10,18H2,1-2H3,(H,20,21);2*1H. The van der Waals surface area contributed by atoms with Gasteiger partial charge in [0.25, 0.3) is 5.91 Å². The Bertz CT molecular complexity index is 660. The van der Waals surface area contributed by atoms with Gasteiger partial charge in [-0.25, -0.2) is 0 Å². The summed E-state index contributed by atoms with van der Waals surface area (Å²) < 4.78 is 0. The first-order valence-electron chi connectivity index (χ1n) is 7.11. The topological polar surface area (TPSA) is 68.0 Å². The van der Waals surface area contributed by atoms with Crippen LogP contribution in [0.2, 0.25) is 5.02 Å². The number of pyridine rings is 1. The summed E-state index contributed by atoms with van der Waals surface area (Å²) in [5, 5.41) is 4.27. The van der Waals surface area contributed by atoms with E-state index < -0.39 is 0 Å². The molecule has 1 aromatic carbocycles. The van der Waals surface area contributed by atoms with E-state index in [4.69, 9.17) is 17.3 Å². The number of halogens is 3. The number of nitrogens with two attached hydrogens (primary N) is 1. The van der Waals surface area contributed by atoms with E-state index in [1.165, 1.54) is 0 Å². The molecule has 0 aliphatic rings. The Balaban J connectivity index is 0.00000242. The minimum Gasteiger partial charge on any atom is -0.350 e. The molecule has 0 aliphatic carbocycles. The van der Waals surface area contributed by atoms with Crippen molar-refractivity contribution >= 4 is 53.2 Å². The van der Waals surface area contributed by atoms with E-state index in [-0.39, 0.29) is 36.3 Å².